The molecule has 0 saturated heterocycles. The van der Waals surface area contributed by atoms with Crippen LogP contribution in [0.4, 0.5) is 8.78 Å². The molecule has 0 amide bonds. The Morgan fingerprint density at radius 2 is 1.93 bits per heavy atom. The Labute approximate surface area is 161 Å². The molecule has 0 unspecified atom stereocenters. The average Bonchev–Trinajstić information content (AvgIpc) is 3.11. The maximum atomic E-state index is 14.2. The van der Waals surface area contributed by atoms with Gasteiger partial charge in [0.05, 0.1) is 17.2 Å². The van der Waals surface area contributed by atoms with E-state index >= 15 is 0 Å². The number of halogens is 2. The summed E-state index contributed by atoms with van der Waals surface area (Å²) in [5, 5.41) is 0. The van der Waals surface area contributed by atoms with E-state index in [4.69, 9.17) is 4.74 Å². The smallest absolute Gasteiger partial charge is 0.316 e. The Balaban J connectivity index is 1.83. The van der Waals surface area contributed by atoms with Crippen molar-refractivity contribution in [1.82, 2.24) is 9.97 Å². The highest BCUT2D eigenvalue weighted by atomic mass is 19.1. The second-order valence-electron chi connectivity index (χ2n) is 6.99. The summed E-state index contributed by atoms with van der Waals surface area (Å²) < 4.78 is 33.3. The number of nitrogens with zero attached hydrogens (tertiary/aromatic N) is 1. The van der Waals surface area contributed by atoms with Gasteiger partial charge in [-0.3, -0.25) is 4.79 Å². The molecule has 28 heavy (non-hydrogen) atoms. The van der Waals surface area contributed by atoms with E-state index in [2.05, 4.69) is 16.9 Å². The third kappa shape index (κ3) is 3.30. The lowest BCUT2D eigenvalue weighted by atomic mass is 9.79. The zero-order valence-corrected chi connectivity index (χ0v) is 15.4. The number of rotatable bonds is 5. The second kappa shape index (κ2) is 7.54. The van der Waals surface area contributed by atoms with Gasteiger partial charge < -0.3 is 9.72 Å². The van der Waals surface area contributed by atoms with E-state index in [1.165, 1.54) is 0 Å². The van der Waals surface area contributed by atoms with Crippen LogP contribution >= 0.6 is 0 Å². The molecule has 0 saturated carbocycles. The maximum absolute atomic E-state index is 14.2. The van der Waals surface area contributed by atoms with Crippen molar-refractivity contribution < 1.29 is 18.3 Å². The number of fused-ring (bicyclic) bond motifs is 1. The van der Waals surface area contributed by atoms with Crippen molar-refractivity contribution in [2.75, 3.05) is 0 Å². The van der Waals surface area contributed by atoms with Crippen molar-refractivity contribution >= 4 is 5.97 Å². The van der Waals surface area contributed by atoms with Gasteiger partial charge in [-0.25, -0.2) is 8.78 Å². The van der Waals surface area contributed by atoms with Crippen molar-refractivity contribution in [3.8, 4) is 17.3 Å². The molecule has 0 fully saturated rings. The number of hydrogen-bond acceptors (Lipinski definition) is 3. The largest absolute Gasteiger partial charge is 0.405 e. The number of ether oxygens (including phenoxy) is 1. The zero-order chi connectivity index (χ0) is 19.7. The minimum Gasteiger partial charge on any atom is -0.405 e. The van der Waals surface area contributed by atoms with E-state index in [1.807, 2.05) is 30.3 Å². The fraction of sp³-hybridized carbons (Fsp3) is 0.273. The number of imidazole rings is 1. The lowest BCUT2D eigenvalue weighted by Crippen LogP contribution is -2.32. The molecule has 0 bridgehead atoms. The van der Waals surface area contributed by atoms with Crippen LogP contribution in [0.1, 0.15) is 43.4 Å². The number of benzene rings is 2. The number of esters is 1. The molecule has 1 N–H and O–H groups in total. The zero-order valence-electron chi connectivity index (χ0n) is 15.4. The van der Waals surface area contributed by atoms with Crippen molar-refractivity contribution in [3.63, 3.8) is 0 Å². The molecule has 1 aliphatic heterocycles. The van der Waals surface area contributed by atoms with E-state index < -0.39 is 11.6 Å². The first kappa shape index (κ1) is 18.3. The highest BCUT2D eigenvalue weighted by molar-refractivity contribution is 5.80. The molecule has 2 aromatic carbocycles. The van der Waals surface area contributed by atoms with Gasteiger partial charge in [0.25, 0.3) is 0 Å². The topological polar surface area (TPSA) is 55.0 Å². The standard InChI is InChI=1S/C22H20F2N2O2/c1-2-3-9-15-18(13-7-5-4-6-8-13)19-21(28-22(15)27)26-20(25-19)16-12-14(23)10-11-17(16)24/h4-8,10-12,15,18H,2-3,9H2,1H3,(H,25,26)/t15-,18+/m0/s1. The Bertz CT molecular complexity index is 1000. The first-order valence-corrected chi connectivity index (χ1v) is 9.40. The monoisotopic (exact) mass is 382 g/mol. The molecule has 1 aromatic heterocycles. The Morgan fingerprint density at radius 3 is 2.68 bits per heavy atom. The molecule has 0 spiro atoms. The molecular formula is C22H20F2N2O2. The Morgan fingerprint density at radius 1 is 1.14 bits per heavy atom. The van der Waals surface area contributed by atoms with Gasteiger partial charge in [0.2, 0.25) is 5.88 Å². The van der Waals surface area contributed by atoms with Gasteiger partial charge in [0.15, 0.2) is 0 Å². The first-order chi connectivity index (χ1) is 13.6. The quantitative estimate of drug-likeness (QED) is 0.616. The highest BCUT2D eigenvalue weighted by Crippen LogP contribution is 2.43. The summed E-state index contributed by atoms with van der Waals surface area (Å²) in [7, 11) is 0. The van der Waals surface area contributed by atoms with Crippen LogP contribution in [0.5, 0.6) is 5.88 Å². The van der Waals surface area contributed by atoms with Crippen LogP contribution in [-0.4, -0.2) is 15.9 Å². The minimum atomic E-state index is -0.599. The van der Waals surface area contributed by atoms with E-state index in [9.17, 15) is 13.6 Å². The summed E-state index contributed by atoms with van der Waals surface area (Å²) >= 11 is 0. The van der Waals surface area contributed by atoms with Crippen LogP contribution in [0.25, 0.3) is 11.4 Å². The predicted octanol–water partition coefficient (Wildman–Crippen LogP) is 5.21. The van der Waals surface area contributed by atoms with Gasteiger partial charge in [-0.05, 0) is 30.2 Å². The fourth-order valence-corrected chi connectivity index (χ4v) is 3.74. The van der Waals surface area contributed by atoms with Gasteiger partial charge in [-0.15, -0.1) is 0 Å². The predicted molar refractivity (Wildman–Crippen MR) is 101 cm³/mol. The van der Waals surface area contributed by atoms with Crippen LogP contribution in [0.15, 0.2) is 48.5 Å². The summed E-state index contributed by atoms with van der Waals surface area (Å²) in [6.07, 6.45) is 2.52. The van der Waals surface area contributed by atoms with Crippen molar-refractivity contribution in [3.05, 3.63) is 71.4 Å². The number of nitrogens with one attached hydrogen (secondary N) is 1. The minimum absolute atomic E-state index is 0.00219. The van der Waals surface area contributed by atoms with E-state index in [0.717, 1.165) is 36.6 Å². The molecule has 0 radical (unpaired) electrons. The molecule has 4 nitrogen and oxygen atoms in total. The third-order valence-electron chi connectivity index (χ3n) is 5.12. The van der Waals surface area contributed by atoms with Gasteiger partial charge in [-0.2, -0.15) is 4.98 Å². The summed E-state index contributed by atoms with van der Waals surface area (Å²) in [5.41, 5.74) is 1.57. The Kier molecular flexibility index (Phi) is 4.94. The number of unbranched alkanes of at least 4 members (excludes halogenated alkanes) is 1. The lowest BCUT2D eigenvalue weighted by Gasteiger charge is -2.29. The molecule has 3 aromatic rings. The molecule has 1 aliphatic rings. The van der Waals surface area contributed by atoms with E-state index in [0.29, 0.717) is 12.1 Å². The number of hydrogen-bond donors (Lipinski definition) is 1. The summed E-state index contributed by atoms with van der Waals surface area (Å²) in [6.45, 7) is 2.07. The highest BCUT2D eigenvalue weighted by Gasteiger charge is 2.40. The first-order valence-electron chi connectivity index (χ1n) is 9.40. The number of H-pyrrole nitrogens is 1. The van der Waals surface area contributed by atoms with Gasteiger partial charge in [0, 0.05) is 5.92 Å². The summed E-state index contributed by atoms with van der Waals surface area (Å²) in [4.78, 5) is 20.1. The number of carbonyl (C=O) groups excluding carboxylic acids is 1. The van der Waals surface area contributed by atoms with Crippen LogP contribution in [-0.2, 0) is 4.79 Å². The van der Waals surface area contributed by atoms with Crippen molar-refractivity contribution in [1.29, 1.82) is 0 Å². The van der Waals surface area contributed by atoms with Crippen LogP contribution in [0.3, 0.4) is 0 Å². The summed E-state index contributed by atoms with van der Waals surface area (Å²) in [6, 6.07) is 12.8. The number of aromatic nitrogens is 2. The molecule has 2 atom stereocenters. The van der Waals surface area contributed by atoms with Crippen LogP contribution in [0, 0.1) is 17.6 Å². The molecule has 144 valence electrons. The van der Waals surface area contributed by atoms with E-state index in [-0.39, 0.29) is 35.1 Å². The SMILES string of the molecule is CCCC[C@@H]1C(=O)Oc2nc(-c3cc(F)ccc3F)[nH]c2[C@@H]1c1ccccc1. The lowest BCUT2D eigenvalue weighted by molar-refractivity contribution is -0.141. The van der Waals surface area contributed by atoms with Crippen molar-refractivity contribution in [2.45, 2.75) is 32.1 Å². The second-order valence-corrected chi connectivity index (χ2v) is 6.99. The van der Waals surface area contributed by atoms with E-state index in [1.54, 1.807) is 0 Å². The van der Waals surface area contributed by atoms with Crippen LogP contribution < -0.4 is 4.74 Å². The van der Waals surface area contributed by atoms with Gasteiger partial charge in [0.1, 0.15) is 17.5 Å². The molecular weight excluding hydrogens is 362 g/mol. The third-order valence-corrected chi connectivity index (χ3v) is 5.12. The number of carbonyl (C=O) groups is 1. The molecule has 2 heterocycles. The average molecular weight is 382 g/mol. The molecule has 0 aliphatic carbocycles. The number of aromatic amines is 1. The van der Waals surface area contributed by atoms with Crippen molar-refractivity contribution in [2.24, 2.45) is 5.92 Å². The van der Waals surface area contributed by atoms with Gasteiger partial charge >= 0.3 is 5.97 Å². The molecule has 6 heteroatoms. The van der Waals surface area contributed by atoms with Crippen LogP contribution in [0.2, 0.25) is 0 Å². The molecule has 4 rings (SSSR count). The van der Waals surface area contributed by atoms with Gasteiger partial charge in [-0.1, -0.05) is 50.1 Å². The summed E-state index contributed by atoms with van der Waals surface area (Å²) in [5.74, 6) is -1.87. The maximum Gasteiger partial charge on any atom is 0.316 e. The fourth-order valence-electron chi connectivity index (χ4n) is 3.74. The normalized spacial score (nSPS) is 18.6. The Hall–Kier alpha value is -3.02.